The first kappa shape index (κ1) is 15.8. The first-order valence-electron chi connectivity index (χ1n) is 6.37. The lowest BCUT2D eigenvalue weighted by atomic mass is 10.1. The second kappa shape index (κ2) is 7.36. The van der Waals surface area contributed by atoms with Gasteiger partial charge in [0.1, 0.15) is 0 Å². The van der Waals surface area contributed by atoms with E-state index in [0.717, 1.165) is 27.9 Å². The number of nitrogens with zero attached hydrogens (tertiary/aromatic N) is 2. The lowest BCUT2D eigenvalue weighted by molar-refractivity contribution is 0.283. The minimum absolute atomic E-state index is 0.0956. The van der Waals surface area contributed by atoms with Gasteiger partial charge in [-0.3, -0.25) is 0 Å². The number of aliphatic hydroxyl groups excluding tert-OH is 1. The Kier molecular flexibility index (Phi) is 6.46. The topological polar surface area (TPSA) is 36.4 Å². The first-order chi connectivity index (χ1) is 8.54. The number of aliphatic hydroxyl groups is 1. The molecule has 0 spiro atoms. The molecule has 0 fully saturated rings. The predicted octanol–water partition coefficient (Wildman–Crippen LogP) is 3.34. The Morgan fingerprint density at radius 2 is 2.11 bits per heavy atom. The van der Waals surface area contributed by atoms with Crippen LogP contribution in [0.3, 0.4) is 0 Å². The predicted molar refractivity (Wildman–Crippen MR) is 83.0 cm³/mol. The van der Waals surface area contributed by atoms with Gasteiger partial charge in [-0.05, 0) is 18.6 Å². The number of hydrogen-bond acceptors (Lipinski definition) is 5. The number of hydrogen-bond donors (Lipinski definition) is 1. The Morgan fingerprint density at radius 1 is 1.44 bits per heavy atom. The zero-order valence-corrected chi connectivity index (χ0v) is 13.6. The molecule has 3 nitrogen and oxygen atoms in total. The quantitative estimate of drug-likeness (QED) is 0.835. The highest BCUT2D eigenvalue weighted by atomic mass is 32.2. The minimum Gasteiger partial charge on any atom is -0.391 e. The van der Waals surface area contributed by atoms with Crippen LogP contribution in [0.5, 0.6) is 0 Å². The maximum Gasteiger partial charge on any atom is 0.185 e. The summed E-state index contributed by atoms with van der Waals surface area (Å²) in [4.78, 5) is 7.97. The Balaban J connectivity index is 2.94. The van der Waals surface area contributed by atoms with Gasteiger partial charge in [-0.2, -0.15) is 11.8 Å². The van der Waals surface area contributed by atoms with Crippen LogP contribution in [0.25, 0.3) is 0 Å². The summed E-state index contributed by atoms with van der Waals surface area (Å²) in [7, 11) is 2.11. The molecule has 0 saturated carbocycles. The van der Waals surface area contributed by atoms with Crippen molar-refractivity contribution in [2.24, 2.45) is 0 Å². The van der Waals surface area contributed by atoms with Crippen LogP contribution in [0.4, 0.5) is 5.13 Å². The molecule has 1 atom stereocenters. The minimum atomic E-state index is 0.0956. The van der Waals surface area contributed by atoms with Gasteiger partial charge in [0.15, 0.2) is 5.13 Å². The monoisotopic (exact) mass is 288 g/mol. The van der Waals surface area contributed by atoms with Crippen LogP contribution < -0.4 is 4.90 Å². The van der Waals surface area contributed by atoms with Gasteiger partial charge in [0.2, 0.25) is 0 Å². The fourth-order valence-corrected chi connectivity index (χ4v) is 3.87. The average molecular weight is 288 g/mol. The molecule has 1 aromatic heterocycles. The molecule has 0 bridgehead atoms. The van der Waals surface area contributed by atoms with E-state index in [4.69, 9.17) is 4.98 Å². The molecule has 0 aliphatic heterocycles. The van der Waals surface area contributed by atoms with Gasteiger partial charge in [-0.15, -0.1) is 0 Å². The summed E-state index contributed by atoms with van der Waals surface area (Å²) in [6, 6.07) is 0.512. The van der Waals surface area contributed by atoms with Crippen molar-refractivity contribution in [3.05, 3.63) is 10.6 Å². The third-order valence-corrected chi connectivity index (χ3v) is 4.95. The van der Waals surface area contributed by atoms with Crippen molar-refractivity contribution in [3.8, 4) is 0 Å². The van der Waals surface area contributed by atoms with Gasteiger partial charge in [0, 0.05) is 18.8 Å². The van der Waals surface area contributed by atoms with E-state index in [1.54, 1.807) is 11.3 Å². The van der Waals surface area contributed by atoms with E-state index in [-0.39, 0.29) is 6.61 Å². The fraction of sp³-hybridized carbons (Fsp3) is 0.769. The van der Waals surface area contributed by atoms with Crippen molar-refractivity contribution in [2.45, 2.75) is 45.8 Å². The number of aromatic nitrogens is 1. The van der Waals surface area contributed by atoms with E-state index in [1.807, 2.05) is 11.8 Å². The summed E-state index contributed by atoms with van der Waals surface area (Å²) in [6.07, 6.45) is 3.25. The van der Waals surface area contributed by atoms with E-state index >= 15 is 0 Å². The molecule has 104 valence electrons. The second-order valence-corrected chi connectivity index (χ2v) is 6.72. The molecule has 0 aliphatic carbocycles. The second-order valence-electron chi connectivity index (χ2n) is 4.75. The Labute approximate surface area is 119 Å². The van der Waals surface area contributed by atoms with Crippen LogP contribution in [0.15, 0.2) is 0 Å². The summed E-state index contributed by atoms with van der Waals surface area (Å²) >= 11 is 3.49. The zero-order valence-electron chi connectivity index (χ0n) is 11.9. The lowest BCUT2D eigenvalue weighted by Crippen LogP contribution is -2.33. The van der Waals surface area contributed by atoms with Gasteiger partial charge in [0.05, 0.1) is 17.2 Å². The Hall–Kier alpha value is -0.260. The van der Waals surface area contributed by atoms with Crippen molar-refractivity contribution in [2.75, 3.05) is 24.0 Å². The molecule has 1 unspecified atom stereocenters. The molecule has 0 aromatic carbocycles. The average Bonchev–Trinajstić information content (AvgIpc) is 2.79. The van der Waals surface area contributed by atoms with Crippen LogP contribution in [0.2, 0.25) is 0 Å². The maximum absolute atomic E-state index is 9.41. The molecule has 1 heterocycles. The molecule has 1 rings (SSSR count). The van der Waals surface area contributed by atoms with Gasteiger partial charge >= 0.3 is 0 Å². The fourth-order valence-electron chi connectivity index (χ4n) is 1.92. The molecule has 0 saturated heterocycles. The smallest absolute Gasteiger partial charge is 0.185 e. The summed E-state index contributed by atoms with van der Waals surface area (Å²) in [5.74, 6) is 1.48. The molecule has 5 heteroatoms. The lowest BCUT2D eigenvalue weighted by Gasteiger charge is -2.26. The normalized spacial score (nSPS) is 13.1. The van der Waals surface area contributed by atoms with Crippen LogP contribution in [0.1, 0.15) is 43.7 Å². The molecule has 1 aromatic rings. The van der Waals surface area contributed by atoms with Gasteiger partial charge in [-0.25, -0.2) is 4.98 Å². The van der Waals surface area contributed by atoms with Gasteiger partial charge in [0.25, 0.3) is 0 Å². The van der Waals surface area contributed by atoms with E-state index in [1.165, 1.54) is 0 Å². The van der Waals surface area contributed by atoms with E-state index in [2.05, 4.69) is 39.0 Å². The molecule has 0 aliphatic rings. The summed E-state index contributed by atoms with van der Waals surface area (Å²) in [5.41, 5.74) is 1.04. The highest BCUT2D eigenvalue weighted by Crippen LogP contribution is 2.31. The van der Waals surface area contributed by atoms with Gasteiger partial charge in [-0.1, -0.05) is 32.1 Å². The number of thiazole rings is 1. The Morgan fingerprint density at radius 3 is 2.50 bits per heavy atom. The van der Waals surface area contributed by atoms with Crippen LogP contribution in [-0.4, -0.2) is 35.2 Å². The Bertz CT molecular complexity index is 366. The highest BCUT2D eigenvalue weighted by Gasteiger charge is 2.20. The zero-order chi connectivity index (χ0) is 13.7. The number of anilines is 1. The SMILES string of the molecule is CCC(CSC)N(C)c1nc(C(C)C)c(CO)s1. The molecule has 0 radical (unpaired) electrons. The summed E-state index contributed by atoms with van der Waals surface area (Å²) < 4.78 is 0. The van der Waals surface area contributed by atoms with Crippen LogP contribution >= 0.6 is 23.1 Å². The van der Waals surface area contributed by atoms with Crippen LogP contribution in [0, 0.1) is 0 Å². The maximum atomic E-state index is 9.41. The molecule has 18 heavy (non-hydrogen) atoms. The number of thioether (sulfide) groups is 1. The van der Waals surface area contributed by atoms with Crippen molar-refractivity contribution in [1.82, 2.24) is 4.98 Å². The van der Waals surface area contributed by atoms with Crippen molar-refractivity contribution in [1.29, 1.82) is 0 Å². The van der Waals surface area contributed by atoms with Crippen LogP contribution in [-0.2, 0) is 6.61 Å². The van der Waals surface area contributed by atoms with Crippen molar-refractivity contribution in [3.63, 3.8) is 0 Å². The summed E-state index contributed by atoms with van der Waals surface area (Å²) in [5, 5.41) is 10.4. The number of rotatable bonds is 7. The molecular formula is C13H24N2OS2. The summed E-state index contributed by atoms with van der Waals surface area (Å²) in [6.45, 7) is 6.55. The van der Waals surface area contributed by atoms with Crippen molar-refractivity contribution >= 4 is 28.2 Å². The standard InChI is InChI=1S/C13H24N2OS2/c1-6-10(8-17-5)15(4)13-14-12(9(2)3)11(7-16)18-13/h9-10,16H,6-8H2,1-5H3. The molecule has 0 amide bonds. The van der Waals surface area contributed by atoms with E-state index in [9.17, 15) is 5.11 Å². The highest BCUT2D eigenvalue weighted by molar-refractivity contribution is 7.98. The first-order valence-corrected chi connectivity index (χ1v) is 8.58. The van der Waals surface area contributed by atoms with Crippen molar-refractivity contribution < 1.29 is 5.11 Å². The van der Waals surface area contributed by atoms with E-state index < -0.39 is 0 Å². The third-order valence-electron chi connectivity index (χ3n) is 3.09. The third kappa shape index (κ3) is 3.62. The van der Waals surface area contributed by atoms with E-state index in [0.29, 0.717) is 12.0 Å². The largest absolute Gasteiger partial charge is 0.391 e. The molecule has 1 N–H and O–H groups in total. The molecular weight excluding hydrogens is 264 g/mol. The van der Waals surface area contributed by atoms with Gasteiger partial charge < -0.3 is 10.0 Å².